The molecular weight excluding hydrogens is 663 g/mol. The Balaban J connectivity index is 0.00000236. The molecule has 3 saturated heterocycles. The van der Waals surface area contributed by atoms with Gasteiger partial charge in [0.2, 0.25) is 0 Å². The third-order valence-electron chi connectivity index (χ3n) is 6.80. The summed E-state index contributed by atoms with van der Waals surface area (Å²) in [6.45, 7) is 6.15. The lowest BCUT2D eigenvalue weighted by Crippen LogP contribution is -2.41. The van der Waals surface area contributed by atoms with E-state index in [1.54, 1.807) is 49.5 Å². The lowest BCUT2D eigenvalue weighted by atomic mass is 10.1. The van der Waals surface area contributed by atoms with E-state index in [9.17, 15) is 19.2 Å². The Kier molecular flexibility index (Phi) is 19.9. The van der Waals surface area contributed by atoms with Crippen molar-refractivity contribution < 1.29 is 57.1 Å². The topological polar surface area (TPSA) is 168 Å². The SMILES string of the molecule is CC(=O)OCC1CC(OC(C)=O)CC(SCC2CC(OC(C)=O)CC(SCC3CC(OC(C)=O)CC(SCCN)O3)O2)O1.COC. The van der Waals surface area contributed by atoms with Crippen LogP contribution in [0.5, 0.6) is 0 Å². The molecule has 46 heavy (non-hydrogen) atoms. The minimum absolute atomic E-state index is 0.0878. The summed E-state index contributed by atoms with van der Waals surface area (Å²) in [5.41, 5.74) is 5.05. The number of ether oxygens (including phenoxy) is 8. The predicted molar refractivity (Wildman–Crippen MR) is 176 cm³/mol. The summed E-state index contributed by atoms with van der Waals surface area (Å²) in [7, 11) is 3.25. The van der Waals surface area contributed by atoms with E-state index >= 15 is 0 Å². The van der Waals surface area contributed by atoms with E-state index < -0.39 is 5.97 Å². The largest absolute Gasteiger partial charge is 0.463 e. The van der Waals surface area contributed by atoms with Gasteiger partial charge in [0.1, 0.15) is 41.2 Å². The highest BCUT2D eigenvalue weighted by atomic mass is 32.2. The molecule has 3 aliphatic rings. The number of carbonyl (C=O) groups excluding carboxylic acids is 4. The fourth-order valence-corrected chi connectivity index (χ4v) is 8.71. The number of thioether (sulfide) groups is 3. The van der Waals surface area contributed by atoms with Gasteiger partial charge in [-0.2, -0.15) is 0 Å². The Morgan fingerprint density at radius 1 is 0.609 bits per heavy atom. The molecule has 16 heteroatoms. The fraction of sp³-hybridized carbons (Fsp3) is 0.867. The van der Waals surface area contributed by atoms with E-state index in [-0.39, 0.29) is 77.4 Å². The molecule has 0 aliphatic carbocycles. The van der Waals surface area contributed by atoms with Crippen LogP contribution in [0, 0.1) is 0 Å². The van der Waals surface area contributed by atoms with Crippen molar-refractivity contribution in [1.82, 2.24) is 0 Å². The molecule has 3 fully saturated rings. The third-order valence-corrected chi connectivity index (χ3v) is 10.4. The lowest BCUT2D eigenvalue weighted by Gasteiger charge is -2.38. The quantitative estimate of drug-likeness (QED) is 0.205. The monoisotopic (exact) mass is 713 g/mol. The summed E-state index contributed by atoms with van der Waals surface area (Å²) in [4.78, 5) is 46.3. The average molecular weight is 714 g/mol. The Hall–Kier alpha value is -1.27. The molecule has 3 rings (SSSR count). The number of nitrogens with two attached hydrogens (primary N) is 1. The average Bonchev–Trinajstić information content (AvgIpc) is 2.96. The summed E-state index contributed by atoms with van der Waals surface area (Å²) in [5.74, 6) is 0.537. The maximum atomic E-state index is 11.8. The highest BCUT2D eigenvalue weighted by Crippen LogP contribution is 2.37. The van der Waals surface area contributed by atoms with Crippen LogP contribution in [0.3, 0.4) is 0 Å². The summed E-state index contributed by atoms with van der Waals surface area (Å²) >= 11 is 4.77. The Morgan fingerprint density at radius 2 is 0.978 bits per heavy atom. The summed E-state index contributed by atoms with van der Waals surface area (Å²) in [6, 6.07) is 0. The van der Waals surface area contributed by atoms with Crippen LogP contribution < -0.4 is 5.73 Å². The van der Waals surface area contributed by atoms with Gasteiger partial charge in [0.05, 0.1) is 18.3 Å². The van der Waals surface area contributed by atoms with Gasteiger partial charge < -0.3 is 43.6 Å². The smallest absolute Gasteiger partial charge is 0.302 e. The van der Waals surface area contributed by atoms with Crippen LogP contribution in [0.4, 0.5) is 0 Å². The van der Waals surface area contributed by atoms with Crippen LogP contribution in [0.25, 0.3) is 0 Å². The van der Waals surface area contributed by atoms with Gasteiger partial charge in [-0.15, -0.1) is 35.3 Å². The van der Waals surface area contributed by atoms with Crippen molar-refractivity contribution >= 4 is 59.2 Å². The molecule has 9 unspecified atom stereocenters. The van der Waals surface area contributed by atoms with Crippen molar-refractivity contribution in [2.24, 2.45) is 5.73 Å². The zero-order valence-electron chi connectivity index (χ0n) is 27.7. The highest BCUT2D eigenvalue weighted by molar-refractivity contribution is 8.00. The lowest BCUT2D eigenvalue weighted by molar-refractivity contribution is -0.162. The number of esters is 4. The molecule has 3 aliphatic heterocycles. The molecule has 13 nitrogen and oxygen atoms in total. The van der Waals surface area contributed by atoms with E-state index in [0.717, 1.165) is 5.75 Å². The van der Waals surface area contributed by atoms with Crippen LogP contribution in [0.2, 0.25) is 0 Å². The highest BCUT2D eigenvalue weighted by Gasteiger charge is 2.37. The predicted octanol–water partition coefficient (Wildman–Crippen LogP) is 3.28. The Labute approximate surface area is 285 Å². The minimum atomic E-state index is -0.400. The molecule has 9 atom stereocenters. The summed E-state index contributed by atoms with van der Waals surface area (Å²) < 4.78 is 44.9. The van der Waals surface area contributed by atoms with Crippen LogP contribution >= 0.6 is 35.3 Å². The number of rotatable bonds is 14. The molecule has 0 bridgehead atoms. The van der Waals surface area contributed by atoms with Gasteiger partial charge >= 0.3 is 23.9 Å². The first-order valence-corrected chi connectivity index (χ1v) is 18.6. The minimum Gasteiger partial charge on any atom is -0.463 e. The Morgan fingerprint density at radius 3 is 1.35 bits per heavy atom. The van der Waals surface area contributed by atoms with Crippen LogP contribution in [0.15, 0.2) is 0 Å². The molecule has 0 aromatic carbocycles. The molecule has 0 radical (unpaired) electrons. The summed E-state index contributed by atoms with van der Waals surface area (Å²) in [5, 5.41) is 0. The van der Waals surface area contributed by atoms with Crippen molar-refractivity contribution in [2.45, 2.75) is 119 Å². The normalized spacial score (nSPS) is 31.1. The maximum Gasteiger partial charge on any atom is 0.302 e. The second-order valence-corrected chi connectivity index (χ2v) is 14.9. The molecule has 0 spiro atoms. The first-order valence-electron chi connectivity index (χ1n) is 15.5. The zero-order chi connectivity index (χ0) is 34.1. The van der Waals surface area contributed by atoms with Gasteiger partial charge in [-0.25, -0.2) is 0 Å². The van der Waals surface area contributed by atoms with Gasteiger partial charge in [-0.1, -0.05) is 0 Å². The van der Waals surface area contributed by atoms with E-state index in [2.05, 4.69) is 4.74 Å². The molecular formula is C30H51NO12S3. The summed E-state index contributed by atoms with van der Waals surface area (Å²) in [6.07, 6.45) is 1.71. The molecule has 0 aromatic heterocycles. The number of hydrogen-bond donors (Lipinski definition) is 1. The van der Waals surface area contributed by atoms with Crippen molar-refractivity contribution in [1.29, 1.82) is 0 Å². The molecule has 3 heterocycles. The van der Waals surface area contributed by atoms with Crippen molar-refractivity contribution in [3.63, 3.8) is 0 Å². The van der Waals surface area contributed by atoms with Gasteiger partial charge in [0, 0.05) is 104 Å². The van der Waals surface area contributed by atoms with E-state index in [4.69, 9.17) is 38.9 Å². The van der Waals surface area contributed by atoms with Gasteiger partial charge in [0.25, 0.3) is 0 Å². The maximum absolute atomic E-state index is 11.8. The first kappa shape index (κ1) is 40.9. The number of carbonyl (C=O) groups is 4. The van der Waals surface area contributed by atoms with Crippen molar-refractivity contribution in [3.05, 3.63) is 0 Å². The van der Waals surface area contributed by atoms with Gasteiger partial charge in [-0.05, 0) is 0 Å². The fourth-order valence-electron chi connectivity index (χ4n) is 5.27. The van der Waals surface area contributed by atoms with Crippen molar-refractivity contribution in [3.8, 4) is 0 Å². The molecule has 266 valence electrons. The standard InChI is InChI=1S/C28H45NO11S3.C2H6O/c1-16(30)34-13-23-7-20(35-17(2)31)11-27(38-23)42-15-25-9-22(37-19(4)33)12-28(40-25)43-14-24-8-21(36-18(3)32)10-26(39-24)41-6-5-29;1-3-2/h20-28H,5-15,29H2,1-4H3;1-2H3. The Bertz CT molecular complexity index is 947. The zero-order valence-corrected chi connectivity index (χ0v) is 30.1. The number of methoxy groups -OCH3 is 1. The van der Waals surface area contributed by atoms with Gasteiger partial charge in [-0.3, -0.25) is 19.2 Å². The first-order chi connectivity index (χ1) is 21.9. The molecule has 0 amide bonds. The van der Waals surface area contributed by atoms with Gasteiger partial charge in [0.15, 0.2) is 0 Å². The molecule has 2 N–H and O–H groups in total. The second kappa shape index (κ2) is 22.4. The van der Waals surface area contributed by atoms with E-state index in [0.29, 0.717) is 56.6 Å². The van der Waals surface area contributed by atoms with E-state index in [1.165, 1.54) is 27.7 Å². The van der Waals surface area contributed by atoms with Crippen LogP contribution in [-0.4, -0.2) is 121 Å². The molecule has 0 saturated carbocycles. The van der Waals surface area contributed by atoms with E-state index in [1.807, 2.05) is 0 Å². The van der Waals surface area contributed by atoms with Crippen LogP contribution in [0.1, 0.15) is 66.2 Å². The molecule has 0 aromatic rings. The second-order valence-electron chi connectivity index (χ2n) is 11.2. The number of hydrogen-bond acceptors (Lipinski definition) is 16. The third kappa shape index (κ3) is 17.2. The van der Waals surface area contributed by atoms with Crippen molar-refractivity contribution in [2.75, 3.05) is 44.6 Å². The van der Waals surface area contributed by atoms with Crippen LogP contribution in [-0.2, 0) is 57.1 Å².